The molecule has 2 unspecified atom stereocenters. The number of hydrogen-bond acceptors (Lipinski definition) is 5. The molecule has 1 rings (SSSR count). The first-order chi connectivity index (χ1) is 7.59. The van der Waals surface area contributed by atoms with Crippen LogP contribution in [-0.2, 0) is 0 Å². The number of nitrogens with one attached hydrogen (secondary N) is 1. The Morgan fingerprint density at radius 1 is 1.56 bits per heavy atom. The van der Waals surface area contributed by atoms with Crippen molar-refractivity contribution in [3.8, 4) is 0 Å². The molecule has 16 heavy (non-hydrogen) atoms. The molecule has 0 aliphatic carbocycles. The molecule has 1 aromatic rings. The number of hydrogen-bond donors (Lipinski definition) is 2. The average Bonchev–Trinajstić information content (AvgIpc) is 2.30. The molecule has 4 nitrogen and oxygen atoms in total. The Labute approximate surface area is 101 Å². The molecule has 0 saturated carbocycles. The van der Waals surface area contributed by atoms with Crippen LogP contribution < -0.4 is 5.32 Å². The van der Waals surface area contributed by atoms with Crippen LogP contribution in [0.5, 0.6) is 0 Å². The zero-order valence-corrected chi connectivity index (χ0v) is 10.8. The van der Waals surface area contributed by atoms with Crippen molar-refractivity contribution in [2.45, 2.75) is 36.1 Å². The summed E-state index contributed by atoms with van der Waals surface area (Å²) in [6.45, 7) is 4.28. The van der Waals surface area contributed by atoms with Crippen LogP contribution in [0.4, 0.5) is 0 Å². The van der Waals surface area contributed by atoms with Gasteiger partial charge >= 0.3 is 0 Å². The summed E-state index contributed by atoms with van der Waals surface area (Å²) in [6, 6.07) is 0. The van der Waals surface area contributed by atoms with E-state index >= 15 is 0 Å². The maximum atomic E-state index is 9.30. The Bertz CT molecular complexity index is 303. The van der Waals surface area contributed by atoms with Crippen LogP contribution in [0.25, 0.3) is 0 Å². The first-order valence-electron chi connectivity index (χ1n) is 5.32. The molecule has 0 aliphatic heterocycles. The number of nitrogens with zero attached hydrogens (tertiary/aromatic N) is 2. The highest BCUT2D eigenvalue weighted by Crippen LogP contribution is 2.26. The van der Waals surface area contributed by atoms with Gasteiger partial charge in [0.05, 0.1) is 12.8 Å². The zero-order chi connectivity index (χ0) is 12.0. The number of rotatable bonds is 6. The highest BCUT2D eigenvalue weighted by atomic mass is 32.2. The highest BCUT2D eigenvalue weighted by Gasteiger charge is 2.24. The molecule has 5 heteroatoms. The van der Waals surface area contributed by atoms with Gasteiger partial charge in [-0.05, 0) is 20.4 Å². The molecule has 0 spiro atoms. The van der Waals surface area contributed by atoms with Crippen molar-refractivity contribution in [2.24, 2.45) is 0 Å². The maximum Gasteiger partial charge on any atom is 0.115 e. The van der Waals surface area contributed by atoms with Crippen molar-refractivity contribution in [3.63, 3.8) is 0 Å². The molecule has 2 N–H and O–H groups in total. The van der Waals surface area contributed by atoms with Crippen molar-refractivity contribution in [1.29, 1.82) is 0 Å². The summed E-state index contributed by atoms with van der Waals surface area (Å²) in [6.07, 6.45) is 6.00. The maximum absolute atomic E-state index is 9.30. The van der Waals surface area contributed by atoms with E-state index in [0.29, 0.717) is 5.25 Å². The van der Waals surface area contributed by atoms with Gasteiger partial charge in [-0.1, -0.05) is 6.92 Å². The van der Waals surface area contributed by atoms with Crippen LogP contribution in [0, 0.1) is 0 Å². The fourth-order valence-electron chi connectivity index (χ4n) is 1.47. The molecule has 2 atom stereocenters. The lowest BCUT2D eigenvalue weighted by atomic mass is 9.98. The van der Waals surface area contributed by atoms with Crippen LogP contribution in [0.1, 0.15) is 20.3 Å². The number of likely N-dealkylation sites (N-methyl/N-ethyl adjacent to an activating group) is 1. The number of aliphatic hydroxyl groups excluding tert-OH is 1. The third kappa shape index (κ3) is 4.08. The molecule has 0 amide bonds. The van der Waals surface area contributed by atoms with E-state index in [9.17, 15) is 5.11 Å². The summed E-state index contributed by atoms with van der Waals surface area (Å²) in [7, 11) is 1.87. The van der Waals surface area contributed by atoms with Crippen molar-refractivity contribution < 1.29 is 5.11 Å². The molecule has 0 fully saturated rings. The highest BCUT2D eigenvalue weighted by molar-refractivity contribution is 7.99. The Balaban J connectivity index is 2.50. The van der Waals surface area contributed by atoms with Crippen LogP contribution in [-0.4, -0.2) is 39.5 Å². The van der Waals surface area contributed by atoms with Crippen molar-refractivity contribution >= 4 is 11.8 Å². The SMILES string of the molecule is CNC(C)(CO)CC(C)Sc1cnccn1. The summed E-state index contributed by atoms with van der Waals surface area (Å²) in [5.41, 5.74) is -0.228. The molecule has 1 heterocycles. The van der Waals surface area contributed by atoms with Gasteiger partial charge in [-0.3, -0.25) is 4.98 Å². The summed E-state index contributed by atoms with van der Waals surface area (Å²) < 4.78 is 0. The van der Waals surface area contributed by atoms with E-state index in [1.165, 1.54) is 0 Å². The fraction of sp³-hybridized carbons (Fsp3) is 0.636. The third-order valence-corrected chi connectivity index (χ3v) is 3.57. The van der Waals surface area contributed by atoms with Gasteiger partial charge < -0.3 is 10.4 Å². The quantitative estimate of drug-likeness (QED) is 0.736. The van der Waals surface area contributed by atoms with Crippen LogP contribution in [0.15, 0.2) is 23.6 Å². The van der Waals surface area contributed by atoms with E-state index in [4.69, 9.17) is 0 Å². The molecule has 0 aliphatic rings. The van der Waals surface area contributed by atoms with Gasteiger partial charge in [-0.25, -0.2) is 4.98 Å². The summed E-state index contributed by atoms with van der Waals surface area (Å²) >= 11 is 1.68. The average molecular weight is 241 g/mol. The first-order valence-corrected chi connectivity index (χ1v) is 6.20. The van der Waals surface area contributed by atoms with Gasteiger partial charge in [0.25, 0.3) is 0 Å². The van der Waals surface area contributed by atoms with Crippen molar-refractivity contribution in [1.82, 2.24) is 15.3 Å². The largest absolute Gasteiger partial charge is 0.394 e. The van der Waals surface area contributed by atoms with Crippen LogP contribution >= 0.6 is 11.8 Å². The fourth-order valence-corrected chi connectivity index (χ4v) is 2.58. The summed E-state index contributed by atoms with van der Waals surface area (Å²) in [5.74, 6) is 0. The summed E-state index contributed by atoms with van der Waals surface area (Å²) in [5, 5.41) is 13.7. The van der Waals surface area contributed by atoms with Gasteiger partial charge in [0.1, 0.15) is 5.03 Å². The minimum atomic E-state index is -0.228. The van der Waals surface area contributed by atoms with E-state index in [0.717, 1.165) is 11.4 Å². The molecule has 0 bridgehead atoms. The van der Waals surface area contributed by atoms with Crippen LogP contribution in [0.2, 0.25) is 0 Å². The molecular formula is C11H19N3OS. The first kappa shape index (κ1) is 13.4. The monoisotopic (exact) mass is 241 g/mol. The number of thioether (sulfide) groups is 1. The molecule has 0 radical (unpaired) electrons. The second-order valence-corrected chi connectivity index (χ2v) is 5.60. The van der Waals surface area contributed by atoms with E-state index in [-0.39, 0.29) is 12.1 Å². The van der Waals surface area contributed by atoms with Crippen molar-refractivity contribution in [3.05, 3.63) is 18.6 Å². The molecule has 90 valence electrons. The zero-order valence-electron chi connectivity index (χ0n) is 9.97. The normalized spacial score (nSPS) is 16.8. The molecular weight excluding hydrogens is 222 g/mol. The lowest BCUT2D eigenvalue weighted by Crippen LogP contribution is -2.45. The van der Waals surface area contributed by atoms with Gasteiger partial charge in [-0.2, -0.15) is 0 Å². The van der Waals surface area contributed by atoms with Crippen LogP contribution in [0.3, 0.4) is 0 Å². The number of aliphatic hydroxyl groups is 1. The Kier molecular flexibility index (Phi) is 5.18. The van der Waals surface area contributed by atoms with Gasteiger partial charge in [0, 0.05) is 23.2 Å². The van der Waals surface area contributed by atoms with E-state index in [1.807, 2.05) is 14.0 Å². The second-order valence-electron chi connectivity index (χ2n) is 4.15. The molecule has 1 aromatic heterocycles. The van der Waals surface area contributed by atoms with Gasteiger partial charge in [-0.15, -0.1) is 11.8 Å². The van der Waals surface area contributed by atoms with E-state index in [2.05, 4.69) is 22.2 Å². The second kappa shape index (κ2) is 6.18. The van der Waals surface area contributed by atoms with E-state index < -0.39 is 0 Å². The minimum Gasteiger partial charge on any atom is -0.394 e. The standard InChI is InChI=1S/C11H19N3OS/c1-9(6-11(2,8-15)12-3)16-10-7-13-4-5-14-10/h4-5,7,9,12,15H,6,8H2,1-3H3. The Hall–Kier alpha value is -0.650. The predicted molar refractivity (Wildman–Crippen MR) is 66.5 cm³/mol. The lowest BCUT2D eigenvalue weighted by Gasteiger charge is -2.29. The lowest BCUT2D eigenvalue weighted by molar-refractivity contribution is 0.174. The predicted octanol–water partition coefficient (Wildman–Crippen LogP) is 1.32. The molecule has 0 aromatic carbocycles. The van der Waals surface area contributed by atoms with Crippen molar-refractivity contribution in [2.75, 3.05) is 13.7 Å². The van der Waals surface area contributed by atoms with E-state index in [1.54, 1.807) is 30.4 Å². The smallest absolute Gasteiger partial charge is 0.115 e. The minimum absolute atomic E-state index is 0.134. The summed E-state index contributed by atoms with van der Waals surface area (Å²) in [4.78, 5) is 8.24. The molecule has 0 saturated heterocycles. The Morgan fingerprint density at radius 2 is 2.31 bits per heavy atom. The van der Waals surface area contributed by atoms with Gasteiger partial charge in [0.2, 0.25) is 0 Å². The number of aromatic nitrogens is 2. The Morgan fingerprint density at radius 3 is 2.81 bits per heavy atom. The third-order valence-electron chi connectivity index (χ3n) is 2.55. The topological polar surface area (TPSA) is 58.0 Å². The van der Waals surface area contributed by atoms with Gasteiger partial charge in [0.15, 0.2) is 0 Å².